The van der Waals surface area contributed by atoms with Crippen molar-refractivity contribution in [3.8, 4) is 5.75 Å². The Hall–Kier alpha value is -2.10. The second kappa shape index (κ2) is 4.82. The van der Waals surface area contributed by atoms with Gasteiger partial charge in [0.2, 0.25) is 0 Å². The highest BCUT2D eigenvalue weighted by molar-refractivity contribution is 5.31. The average Bonchev–Trinajstić information content (AvgIpc) is 2.31. The van der Waals surface area contributed by atoms with Gasteiger partial charge >= 0.3 is 0 Å². The predicted molar refractivity (Wildman–Crippen MR) is 64.1 cm³/mol. The summed E-state index contributed by atoms with van der Waals surface area (Å²) >= 11 is 0. The summed E-state index contributed by atoms with van der Waals surface area (Å²) < 4.78 is 19.0. The molecule has 1 aromatic carbocycles. The monoisotopic (exact) mass is 232 g/mol. The quantitative estimate of drug-likeness (QED) is 0.885. The Morgan fingerprint density at radius 1 is 1.24 bits per heavy atom. The molecule has 0 atom stereocenters. The van der Waals surface area contributed by atoms with E-state index in [2.05, 4.69) is 4.98 Å². The minimum atomic E-state index is -0.337. The van der Waals surface area contributed by atoms with Crippen LogP contribution in [-0.4, -0.2) is 4.98 Å². The number of hydrogen-bond acceptors (Lipinski definition) is 3. The van der Waals surface area contributed by atoms with Crippen LogP contribution in [0, 0.1) is 12.7 Å². The van der Waals surface area contributed by atoms with E-state index in [1.54, 1.807) is 43.3 Å². The van der Waals surface area contributed by atoms with Crippen LogP contribution < -0.4 is 10.5 Å². The van der Waals surface area contributed by atoms with Gasteiger partial charge in [-0.05, 0) is 30.7 Å². The smallest absolute Gasteiger partial charge is 0.167 e. The van der Waals surface area contributed by atoms with Crippen LogP contribution in [0.2, 0.25) is 0 Å². The fourth-order valence-corrected chi connectivity index (χ4v) is 1.46. The average molecular weight is 232 g/mol. The van der Waals surface area contributed by atoms with Gasteiger partial charge in [-0.1, -0.05) is 18.2 Å². The normalized spacial score (nSPS) is 10.2. The van der Waals surface area contributed by atoms with Gasteiger partial charge in [0.1, 0.15) is 12.4 Å². The van der Waals surface area contributed by atoms with Crippen molar-refractivity contribution in [1.82, 2.24) is 4.98 Å². The Kier molecular flexibility index (Phi) is 3.23. The van der Waals surface area contributed by atoms with Crippen molar-refractivity contribution in [2.24, 2.45) is 0 Å². The molecule has 0 spiro atoms. The van der Waals surface area contributed by atoms with E-state index in [1.807, 2.05) is 0 Å². The topological polar surface area (TPSA) is 48.1 Å². The third-order valence-corrected chi connectivity index (χ3v) is 2.36. The maximum Gasteiger partial charge on any atom is 0.167 e. The molecule has 88 valence electrons. The number of halogens is 1. The maximum atomic E-state index is 13.6. The van der Waals surface area contributed by atoms with Gasteiger partial charge in [-0.3, -0.25) is 0 Å². The number of nitrogens with two attached hydrogens (primary N) is 1. The van der Waals surface area contributed by atoms with Gasteiger partial charge in [0, 0.05) is 0 Å². The molecular weight excluding hydrogens is 219 g/mol. The third kappa shape index (κ3) is 2.72. The first-order chi connectivity index (χ1) is 8.16. The molecule has 0 unspecified atom stereocenters. The van der Waals surface area contributed by atoms with Gasteiger partial charge in [0.05, 0.1) is 5.69 Å². The Morgan fingerprint density at radius 3 is 2.76 bits per heavy atom. The van der Waals surface area contributed by atoms with Crippen molar-refractivity contribution >= 4 is 5.82 Å². The first kappa shape index (κ1) is 11.4. The molecule has 17 heavy (non-hydrogen) atoms. The Balaban J connectivity index is 2.10. The van der Waals surface area contributed by atoms with Crippen molar-refractivity contribution in [3.63, 3.8) is 0 Å². The molecule has 4 heteroatoms. The van der Waals surface area contributed by atoms with E-state index in [4.69, 9.17) is 10.5 Å². The number of benzene rings is 1. The summed E-state index contributed by atoms with van der Waals surface area (Å²) in [5.74, 6) is 0.321. The van der Waals surface area contributed by atoms with Crippen LogP contribution in [0.25, 0.3) is 0 Å². The molecule has 2 rings (SSSR count). The van der Waals surface area contributed by atoms with Gasteiger partial charge in [-0.15, -0.1) is 0 Å². The summed E-state index contributed by atoms with van der Waals surface area (Å²) in [6, 6.07) is 10.3. The SMILES string of the molecule is Cc1cccc(OCc2cccc(N)n2)c1F. The van der Waals surface area contributed by atoms with Crippen LogP contribution in [-0.2, 0) is 6.61 Å². The van der Waals surface area contributed by atoms with Gasteiger partial charge in [0.25, 0.3) is 0 Å². The molecule has 0 bridgehead atoms. The van der Waals surface area contributed by atoms with Crippen LogP contribution in [0.3, 0.4) is 0 Å². The van der Waals surface area contributed by atoms with Crippen LogP contribution in [0.4, 0.5) is 10.2 Å². The number of nitrogens with zero attached hydrogens (tertiary/aromatic N) is 1. The molecule has 0 radical (unpaired) electrons. The van der Waals surface area contributed by atoms with Crippen LogP contribution in [0.15, 0.2) is 36.4 Å². The molecule has 1 aromatic heterocycles. The predicted octanol–water partition coefficient (Wildman–Crippen LogP) is 2.69. The number of pyridine rings is 1. The number of anilines is 1. The largest absolute Gasteiger partial charge is 0.484 e. The summed E-state index contributed by atoms with van der Waals surface area (Å²) in [4.78, 5) is 4.07. The number of aromatic nitrogens is 1. The lowest BCUT2D eigenvalue weighted by molar-refractivity contribution is 0.285. The minimum Gasteiger partial charge on any atom is -0.484 e. The standard InChI is InChI=1S/C13H13FN2O/c1-9-4-2-6-11(13(9)14)17-8-10-5-3-7-12(15)16-10/h2-7H,8H2,1H3,(H2,15,16). The van der Waals surface area contributed by atoms with Gasteiger partial charge in [-0.25, -0.2) is 9.37 Å². The molecule has 0 amide bonds. The maximum absolute atomic E-state index is 13.6. The lowest BCUT2D eigenvalue weighted by Crippen LogP contribution is -2.02. The van der Waals surface area contributed by atoms with E-state index in [0.717, 1.165) is 0 Å². The van der Waals surface area contributed by atoms with Crippen molar-refractivity contribution in [2.45, 2.75) is 13.5 Å². The van der Waals surface area contributed by atoms with Crippen molar-refractivity contribution in [1.29, 1.82) is 0 Å². The fraction of sp³-hybridized carbons (Fsp3) is 0.154. The van der Waals surface area contributed by atoms with E-state index < -0.39 is 0 Å². The molecular formula is C13H13FN2O. The van der Waals surface area contributed by atoms with Crippen molar-refractivity contribution < 1.29 is 9.13 Å². The van der Waals surface area contributed by atoms with Crippen LogP contribution in [0.1, 0.15) is 11.3 Å². The van der Waals surface area contributed by atoms with Crippen LogP contribution in [0.5, 0.6) is 5.75 Å². The zero-order valence-electron chi connectivity index (χ0n) is 9.48. The van der Waals surface area contributed by atoms with Gasteiger partial charge < -0.3 is 10.5 Å². The summed E-state index contributed by atoms with van der Waals surface area (Å²) in [5, 5.41) is 0. The molecule has 0 fully saturated rings. The first-order valence-corrected chi connectivity index (χ1v) is 5.26. The molecule has 0 saturated carbocycles. The second-order valence-electron chi connectivity index (χ2n) is 3.73. The lowest BCUT2D eigenvalue weighted by atomic mass is 10.2. The molecule has 0 aliphatic heterocycles. The number of rotatable bonds is 3. The zero-order valence-corrected chi connectivity index (χ0v) is 9.48. The molecule has 2 N–H and O–H groups in total. The van der Waals surface area contributed by atoms with E-state index >= 15 is 0 Å². The highest BCUT2D eigenvalue weighted by Crippen LogP contribution is 2.20. The summed E-state index contributed by atoms with van der Waals surface area (Å²) in [6.07, 6.45) is 0. The fourth-order valence-electron chi connectivity index (χ4n) is 1.46. The Morgan fingerprint density at radius 2 is 2.00 bits per heavy atom. The highest BCUT2D eigenvalue weighted by atomic mass is 19.1. The molecule has 0 saturated heterocycles. The number of ether oxygens (including phenoxy) is 1. The summed E-state index contributed by atoms with van der Waals surface area (Å²) in [7, 11) is 0. The zero-order chi connectivity index (χ0) is 12.3. The Bertz CT molecular complexity index is 529. The molecule has 0 aliphatic rings. The van der Waals surface area contributed by atoms with E-state index in [-0.39, 0.29) is 18.2 Å². The van der Waals surface area contributed by atoms with E-state index in [1.165, 1.54) is 0 Å². The van der Waals surface area contributed by atoms with Crippen LogP contribution >= 0.6 is 0 Å². The molecule has 2 aromatic rings. The molecule has 0 aliphatic carbocycles. The molecule has 1 heterocycles. The van der Waals surface area contributed by atoms with Gasteiger partial charge in [-0.2, -0.15) is 0 Å². The highest BCUT2D eigenvalue weighted by Gasteiger charge is 2.06. The van der Waals surface area contributed by atoms with E-state index in [0.29, 0.717) is 17.1 Å². The minimum absolute atomic E-state index is 0.200. The third-order valence-electron chi connectivity index (χ3n) is 2.36. The summed E-state index contributed by atoms with van der Waals surface area (Å²) in [5.41, 5.74) is 6.77. The van der Waals surface area contributed by atoms with E-state index in [9.17, 15) is 4.39 Å². The number of hydrogen-bond donors (Lipinski definition) is 1. The second-order valence-corrected chi connectivity index (χ2v) is 3.73. The molecule has 3 nitrogen and oxygen atoms in total. The Labute approximate surface area is 99.1 Å². The van der Waals surface area contributed by atoms with Gasteiger partial charge in [0.15, 0.2) is 11.6 Å². The number of aryl methyl sites for hydroxylation is 1. The number of nitrogen functional groups attached to an aromatic ring is 1. The van der Waals surface area contributed by atoms with Crippen molar-refractivity contribution in [3.05, 3.63) is 53.5 Å². The lowest BCUT2D eigenvalue weighted by Gasteiger charge is -2.08. The summed E-state index contributed by atoms with van der Waals surface area (Å²) in [6.45, 7) is 1.90. The first-order valence-electron chi connectivity index (χ1n) is 5.26. The van der Waals surface area contributed by atoms with Crippen molar-refractivity contribution in [2.75, 3.05) is 5.73 Å².